The fraction of sp³-hybridized carbons (Fsp3) is 0.833. The summed E-state index contributed by atoms with van der Waals surface area (Å²) in [6, 6.07) is 0. The molecule has 2 saturated carbocycles. The highest BCUT2D eigenvalue weighted by atomic mass is 32.1. The first kappa shape index (κ1) is 14.2. The summed E-state index contributed by atoms with van der Waals surface area (Å²) >= 11 is 1.94. The van der Waals surface area contributed by atoms with Gasteiger partial charge in [0.1, 0.15) is 0 Å². The van der Waals surface area contributed by atoms with E-state index in [0.717, 1.165) is 23.7 Å². The SMILES string of the molecule is c1sc(C2CCNCC2)nc1C1CCC2CCCCC2C1. The molecular formula is C18H28N2S. The lowest BCUT2D eigenvalue weighted by molar-refractivity contribution is 0.154. The second-order valence-electron chi connectivity index (χ2n) is 7.45. The van der Waals surface area contributed by atoms with Crippen LogP contribution in [0.1, 0.15) is 80.3 Å². The summed E-state index contributed by atoms with van der Waals surface area (Å²) in [6.45, 7) is 2.35. The van der Waals surface area contributed by atoms with Gasteiger partial charge in [-0.2, -0.15) is 0 Å². The zero-order valence-corrected chi connectivity index (χ0v) is 13.8. The lowest BCUT2D eigenvalue weighted by Crippen LogP contribution is -2.27. The van der Waals surface area contributed by atoms with Crippen molar-refractivity contribution in [3.05, 3.63) is 16.1 Å². The summed E-state index contributed by atoms with van der Waals surface area (Å²) < 4.78 is 0. The Morgan fingerprint density at radius 1 is 0.905 bits per heavy atom. The van der Waals surface area contributed by atoms with E-state index in [1.807, 2.05) is 11.3 Å². The van der Waals surface area contributed by atoms with Crippen LogP contribution in [0.4, 0.5) is 0 Å². The molecule has 1 aromatic rings. The summed E-state index contributed by atoms with van der Waals surface area (Å²) in [5.41, 5.74) is 1.44. The van der Waals surface area contributed by atoms with Gasteiger partial charge in [0, 0.05) is 17.2 Å². The number of rotatable bonds is 2. The van der Waals surface area contributed by atoms with Crippen molar-refractivity contribution in [2.24, 2.45) is 11.8 Å². The third-order valence-electron chi connectivity index (χ3n) is 6.19. The summed E-state index contributed by atoms with van der Waals surface area (Å²) in [5, 5.41) is 7.28. The Bertz CT molecular complexity index is 464. The largest absolute Gasteiger partial charge is 0.317 e. The third kappa shape index (κ3) is 3.05. The van der Waals surface area contributed by atoms with Gasteiger partial charge < -0.3 is 5.32 Å². The monoisotopic (exact) mass is 304 g/mol. The Kier molecular flexibility index (Phi) is 4.31. The molecule has 1 N–H and O–H groups in total. The van der Waals surface area contributed by atoms with E-state index in [1.165, 1.54) is 81.6 Å². The van der Waals surface area contributed by atoms with Crippen molar-refractivity contribution < 1.29 is 0 Å². The number of nitrogens with one attached hydrogen (secondary N) is 1. The average molecular weight is 305 g/mol. The molecule has 3 aliphatic rings. The van der Waals surface area contributed by atoms with Crippen molar-refractivity contribution in [2.45, 2.75) is 69.6 Å². The number of aromatic nitrogens is 1. The molecule has 3 unspecified atom stereocenters. The van der Waals surface area contributed by atoms with Gasteiger partial charge in [-0.25, -0.2) is 4.98 Å². The van der Waals surface area contributed by atoms with Gasteiger partial charge >= 0.3 is 0 Å². The first-order valence-electron chi connectivity index (χ1n) is 9.06. The van der Waals surface area contributed by atoms with E-state index in [1.54, 1.807) is 0 Å². The molecule has 21 heavy (non-hydrogen) atoms. The van der Waals surface area contributed by atoms with Crippen LogP contribution in [0.2, 0.25) is 0 Å². The number of hydrogen-bond donors (Lipinski definition) is 1. The second-order valence-corrected chi connectivity index (χ2v) is 8.34. The van der Waals surface area contributed by atoms with Crippen LogP contribution in [0.15, 0.2) is 5.38 Å². The lowest BCUT2D eigenvalue weighted by atomic mass is 9.67. The van der Waals surface area contributed by atoms with Gasteiger partial charge in [0.2, 0.25) is 0 Å². The average Bonchev–Trinajstić information content (AvgIpc) is 3.05. The summed E-state index contributed by atoms with van der Waals surface area (Å²) in [6.07, 6.45) is 12.8. The first-order chi connectivity index (χ1) is 10.4. The minimum absolute atomic E-state index is 0.732. The van der Waals surface area contributed by atoms with Crippen LogP contribution >= 0.6 is 11.3 Å². The topological polar surface area (TPSA) is 24.9 Å². The van der Waals surface area contributed by atoms with Gasteiger partial charge in [0.25, 0.3) is 0 Å². The number of piperidine rings is 1. The fourth-order valence-corrected chi connectivity index (χ4v) is 5.96. The highest BCUT2D eigenvalue weighted by Gasteiger charge is 2.33. The van der Waals surface area contributed by atoms with Crippen molar-refractivity contribution in [1.82, 2.24) is 10.3 Å². The Balaban J connectivity index is 1.43. The maximum absolute atomic E-state index is 5.09. The molecule has 0 radical (unpaired) electrons. The van der Waals surface area contributed by atoms with E-state index in [9.17, 15) is 0 Å². The predicted octanol–water partition coefficient (Wildman–Crippen LogP) is 4.68. The van der Waals surface area contributed by atoms with E-state index < -0.39 is 0 Å². The Morgan fingerprint density at radius 2 is 1.71 bits per heavy atom. The molecule has 3 heteroatoms. The van der Waals surface area contributed by atoms with E-state index in [-0.39, 0.29) is 0 Å². The Labute approximate surface area is 132 Å². The fourth-order valence-electron chi connectivity index (χ4n) is 4.89. The van der Waals surface area contributed by atoms with Crippen molar-refractivity contribution in [3.63, 3.8) is 0 Å². The molecule has 0 amide bonds. The maximum atomic E-state index is 5.09. The molecule has 0 aromatic carbocycles. The lowest BCUT2D eigenvalue weighted by Gasteiger charge is -2.38. The minimum Gasteiger partial charge on any atom is -0.317 e. The number of thiazole rings is 1. The van der Waals surface area contributed by atoms with Crippen LogP contribution in [0.3, 0.4) is 0 Å². The van der Waals surface area contributed by atoms with Gasteiger partial charge in [0.15, 0.2) is 0 Å². The maximum Gasteiger partial charge on any atom is 0.0960 e. The smallest absolute Gasteiger partial charge is 0.0960 e. The molecular weight excluding hydrogens is 276 g/mol. The van der Waals surface area contributed by atoms with Crippen LogP contribution in [0.25, 0.3) is 0 Å². The van der Waals surface area contributed by atoms with Gasteiger partial charge in [-0.3, -0.25) is 0 Å². The van der Waals surface area contributed by atoms with Crippen LogP contribution in [-0.4, -0.2) is 18.1 Å². The van der Waals surface area contributed by atoms with E-state index >= 15 is 0 Å². The highest BCUT2D eigenvalue weighted by Crippen LogP contribution is 2.46. The van der Waals surface area contributed by atoms with Gasteiger partial charge in [0.05, 0.1) is 10.7 Å². The number of hydrogen-bond acceptors (Lipinski definition) is 3. The van der Waals surface area contributed by atoms with Crippen molar-refractivity contribution >= 4 is 11.3 Å². The van der Waals surface area contributed by atoms with Crippen molar-refractivity contribution in [2.75, 3.05) is 13.1 Å². The molecule has 1 saturated heterocycles. The third-order valence-corrected chi connectivity index (χ3v) is 7.21. The van der Waals surface area contributed by atoms with Crippen LogP contribution in [0, 0.1) is 11.8 Å². The molecule has 1 aromatic heterocycles. The van der Waals surface area contributed by atoms with Gasteiger partial charge in [-0.05, 0) is 57.0 Å². The van der Waals surface area contributed by atoms with Gasteiger partial charge in [-0.15, -0.1) is 11.3 Å². The molecule has 0 bridgehead atoms. The minimum atomic E-state index is 0.732. The summed E-state index contributed by atoms with van der Waals surface area (Å²) in [5.74, 6) is 3.58. The summed E-state index contributed by atoms with van der Waals surface area (Å²) in [4.78, 5) is 5.09. The summed E-state index contributed by atoms with van der Waals surface area (Å²) in [7, 11) is 0. The number of nitrogens with zero attached hydrogens (tertiary/aromatic N) is 1. The Hall–Kier alpha value is -0.410. The molecule has 116 valence electrons. The molecule has 3 atom stereocenters. The standard InChI is InChI=1S/C18H28N2S/c1-2-4-15-11-16(6-5-13(15)3-1)17-12-21-18(20-17)14-7-9-19-10-8-14/h12-16,19H,1-11H2. The number of fused-ring (bicyclic) bond motifs is 1. The van der Waals surface area contributed by atoms with Crippen LogP contribution in [0.5, 0.6) is 0 Å². The normalized spacial score (nSPS) is 34.6. The molecule has 4 rings (SSSR count). The van der Waals surface area contributed by atoms with Crippen LogP contribution < -0.4 is 5.32 Å². The molecule has 2 aliphatic carbocycles. The van der Waals surface area contributed by atoms with Crippen molar-refractivity contribution in [3.8, 4) is 0 Å². The predicted molar refractivity (Wildman–Crippen MR) is 89.0 cm³/mol. The first-order valence-corrected chi connectivity index (χ1v) is 9.94. The van der Waals surface area contributed by atoms with E-state index in [4.69, 9.17) is 4.98 Å². The quantitative estimate of drug-likeness (QED) is 0.858. The molecule has 2 nitrogen and oxygen atoms in total. The van der Waals surface area contributed by atoms with E-state index in [2.05, 4.69) is 10.7 Å². The second kappa shape index (κ2) is 6.37. The Morgan fingerprint density at radius 3 is 2.57 bits per heavy atom. The molecule has 1 aliphatic heterocycles. The molecule has 2 heterocycles. The van der Waals surface area contributed by atoms with Crippen molar-refractivity contribution in [1.29, 1.82) is 0 Å². The van der Waals surface area contributed by atoms with Gasteiger partial charge in [-0.1, -0.05) is 25.7 Å². The zero-order chi connectivity index (χ0) is 14.1. The van der Waals surface area contributed by atoms with E-state index in [0.29, 0.717) is 0 Å². The zero-order valence-electron chi connectivity index (χ0n) is 13.0. The molecule has 0 spiro atoms. The molecule has 3 fully saturated rings. The highest BCUT2D eigenvalue weighted by molar-refractivity contribution is 7.09. The van der Waals surface area contributed by atoms with Crippen LogP contribution in [-0.2, 0) is 0 Å².